The van der Waals surface area contributed by atoms with Gasteiger partial charge in [-0.15, -0.1) is 0 Å². The largest absolute Gasteiger partial charge is 0.454 e. The van der Waals surface area contributed by atoms with Crippen LogP contribution in [0.25, 0.3) is 0 Å². The third-order valence-electron chi connectivity index (χ3n) is 4.21. The summed E-state index contributed by atoms with van der Waals surface area (Å²) in [6, 6.07) is 15.1. The van der Waals surface area contributed by atoms with Gasteiger partial charge in [-0.2, -0.15) is 0 Å². The molecule has 0 aliphatic heterocycles. The molecule has 0 aliphatic rings. The maximum atomic E-state index is 12.8. The number of nitro groups is 2. The number of nitrogens with one attached hydrogen (secondary N) is 1. The van der Waals surface area contributed by atoms with Gasteiger partial charge in [0.2, 0.25) is 0 Å². The van der Waals surface area contributed by atoms with Crippen molar-refractivity contribution in [1.29, 1.82) is 0 Å². The first kappa shape index (κ1) is 20.7. The first-order valence-corrected chi connectivity index (χ1v) is 8.92. The van der Waals surface area contributed by atoms with Crippen molar-refractivity contribution in [2.45, 2.75) is 6.92 Å². The Bertz CT molecular complexity index is 1170. The summed E-state index contributed by atoms with van der Waals surface area (Å²) in [6.07, 6.45) is 0. The number of non-ortho nitro benzene ring substituents is 1. The van der Waals surface area contributed by atoms with Crippen molar-refractivity contribution in [2.75, 3.05) is 5.32 Å². The molecule has 1 amide bonds. The number of halogens is 1. The van der Waals surface area contributed by atoms with Gasteiger partial charge < -0.3 is 10.1 Å². The molecule has 3 rings (SSSR count). The minimum atomic E-state index is -0.794. The molecule has 0 heterocycles. The molecule has 10 heteroatoms. The van der Waals surface area contributed by atoms with E-state index in [9.17, 15) is 25.0 Å². The molecule has 9 nitrogen and oxygen atoms in total. The SMILES string of the molecule is Cc1c(C(=O)Nc2ccccc2Oc2ccccc2Cl)cc([N+](=O)[O-])cc1[N+](=O)[O-]. The van der Waals surface area contributed by atoms with E-state index in [1.54, 1.807) is 48.5 Å². The van der Waals surface area contributed by atoms with Crippen molar-refractivity contribution in [1.82, 2.24) is 0 Å². The predicted octanol–water partition coefficient (Wildman–Crippen LogP) is 5.51. The summed E-state index contributed by atoms with van der Waals surface area (Å²) in [5.74, 6) is -0.117. The van der Waals surface area contributed by atoms with E-state index >= 15 is 0 Å². The fraction of sp³-hybridized carbons (Fsp3) is 0.0500. The van der Waals surface area contributed by atoms with Crippen LogP contribution in [0.3, 0.4) is 0 Å². The molecule has 3 aromatic rings. The molecule has 0 aromatic heterocycles. The van der Waals surface area contributed by atoms with E-state index < -0.39 is 27.1 Å². The van der Waals surface area contributed by atoms with Crippen molar-refractivity contribution in [3.63, 3.8) is 0 Å². The van der Waals surface area contributed by atoms with E-state index in [1.165, 1.54) is 6.92 Å². The third-order valence-corrected chi connectivity index (χ3v) is 4.52. The summed E-state index contributed by atoms with van der Waals surface area (Å²) in [7, 11) is 0. The van der Waals surface area contributed by atoms with Gasteiger partial charge in [0.1, 0.15) is 5.75 Å². The van der Waals surface area contributed by atoms with Crippen LogP contribution in [0.4, 0.5) is 17.1 Å². The van der Waals surface area contributed by atoms with E-state index in [0.29, 0.717) is 10.8 Å². The van der Waals surface area contributed by atoms with E-state index in [0.717, 1.165) is 12.1 Å². The van der Waals surface area contributed by atoms with E-state index in [2.05, 4.69) is 5.32 Å². The number of benzene rings is 3. The number of hydrogen-bond donors (Lipinski definition) is 1. The Labute approximate surface area is 175 Å². The van der Waals surface area contributed by atoms with E-state index in [4.69, 9.17) is 16.3 Å². The molecule has 0 unspecified atom stereocenters. The number of nitro benzene ring substituents is 2. The van der Waals surface area contributed by atoms with Crippen molar-refractivity contribution in [3.8, 4) is 11.5 Å². The number of amides is 1. The van der Waals surface area contributed by atoms with Gasteiger partial charge in [-0.1, -0.05) is 35.9 Å². The molecule has 0 radical (unpaired) electrons. The topological polar surface area (TPSA) is 125 Å². The van der Waals surface area contributed by atoms with Crippen molar-refractivity contribution >= 4 is 34.6 Å². The highest BCUT2D eigenvalue weighted by Gasteiger charge is 2.25. The van der Waals surface area contributed by atoms with Crippen LogP contribution in [0.15, 0.2) is 60.7 Å². The molecule has 0 saturated carbocycles. The second-order valence-corrected chi connectivity index (χ2v) is 6.54. The number of hydrogen-bond acceptors (Lipinski definition) is 6. The van der Waals surface area contributed by atoms with Crippen LogP contribution in [0.1, 0.15) is 15.9 Å². The maximum absolute atomic E-state index is 12.8. The average Bonchev–Trinajstić information content (AvgIpc) is 2.70. The molecular weight excluding hydrogens is 414 g/mol. The number of ether oxygens (including phenoxy) is 1. The lowest BCUT2D eigenvalue weighted by molar-refractivity contribution is -0.394. The van der Waals surface area contributed by atoms with Crippen LogP contribution in [-0.2, 0) is 0 Å². The summed E-state index contributed by atoms with van der Waals surface area (Å²) in [6.45, 7) is 1.35. The summed E-state index contributed by atoms with van der Waals surface area (Å²) >= 11 is 6.10. The predicted molar refractivity (Wildman–Crippen MR) is 110 cm³/mol. The highest BCUT2D eigenvalue weighted by atomic mass is 35.5. The lowest BCUT2D eigenvalue weighted by Gasteiger charge is -2.14. The van der Waals surface area contributed by atoms with Gasteiger partial charge in [0.25, 0.3) is 17.3 Å². The molecule has 152 valence electrons. The standard InChI is InChI=1S/C20H14ClN3O6/c1-12-14(10-13(23(26)27)11-17(12)24(28)29)20(25)22-16-7-3-5-9-19(16)30-18-8-4-2-6-15(18)21/h2-11H,1H3,(H,22,25). The number of nitrogens with zero attached hydrogens (tertiary/aromatic N) is 2. The fourth-order valence-corrected chi connectivity index (χ4v) is 2.88. The van der Waals surface area contributed by atoms with E-state index in [-0.39, 0.29) is 22.6 Å². The first-order valence-electron chi connectivity index (χ1n) is 8.54. The van der Waals surface area contributed by atoms with Gasteiger partial charge in [-0.3, -0.25) is 25.0 Å². The van der Waals surface area contributed by atoms with Crippen LogP contribution < -0.4 is 10.1 Å². The van der Waals surface area contributed by atoms with Gasteiger partial charge in [0, 0.05) is 11.6 Å². The van der Waals surface area contributed by atoms with Crippen molar-refractivity contribution in [3.05, 3.63) is 97.0 Å². The zero-order valence-corrected chi connectivity index (χ0v) is 16.3. The quantitative estimate of drug-likeness (QED) is 0.408. The van der Waals surface area contributed by atoms with Crippen LogP contribution in [0.2, 0.25) is 5.02 Å². The lowest BCUT2D eigenvalue weighted by atomic mass is 10.0. The number of anilines is 1. The van der Waals surface area contributed by atoms with Crippen LogP contribution in [-0.4, -0.2) is 15.8 Å². The third kappa shape index (κ3) is 4.36. The molecule has 0 aliphatic carbocycles. The minimum Gasteiger partial charge on any atom is -0.454 e. The monoisotopic (exact) mass is 427 g/mol. The maximum Gasteiger partial charge on any atom is 0.279 e. The van der Waals surface area contributed by atoms with E-state index in [1.807, 2.05) is 0 Å². The molecule has 30 heavy (non-hydrogen) atoms. The van der Waals surface area contributed by atoms with Gasteiger partial charge in [0.15, 0.2) is 5.75 Å². The Morgan fingerprint density at radius 1 is 0.967 bits per heavy atom. The van der Waals surface area contributed by atoms with Gasteiger partial charge in [-0.05, 0) is 31.2 Å². The van der Waals surface area contributed by atoms with Gasteiger partial charge in [0.05, 0.1) is 32.2 Å². The number of carbonyl (C=O) groups excluding carboxylic acids is 1. The van der Waals surface area contributed by atoms with Crippen LogP contribution in [0, 0.1) is 27.2 Å². The molecular formula is C20H14ClN3O6. The Kier molecular flexibility index (Phi) is 5.93. The lowest BCUT2D eigenvalue weighted by Crippen LogP contribution is -2.15. The summed E-state index contributed by atoms with van der Waals surface area (Å²) in [5.41, 5.74) is -1.000. The molecule has 0 atom stereocenters. The number of para-hydroxylation sites is 3. The molecule has 0 spiro atoms. The highest BCUT2D eigenvalue weighted by Crippen LogP contribution is 2.34. The average molecular weight is 428 g/mol. The molecule has 3 aromatic carbocycles. The number of carbonyl (C=O) groups is 1. The Morgan fingerprint density at radius 2 is 1.60 bits per heavy atom. The zero-order chi connectivity index (χ0) is 21.8. The molecule has 1 N–H and O–H groups in total. The van der Waals surface area contributed by atoms with Gasteiger partial charge in [-0.25, -0.2) is 0 Å². The van der Waals surface area contributed by atoms with Crippen molar-refractivity contribution < 1.29 is 19.4 Å². The normalized spacial score (nSPS) is 10.3. The molecule has 0 bridgehead atoms. The molecule has 0 fully saturated rings. The smallest absolute Gasteiger partial charge is 0.279 e. The van der Waals surface area contributed by atoms with Gasteiger partial charge >= 0.3 is 0 Å². The highest BCUT2D eigenvalue weighted by molar-refractivity contribution is 6.32. The van der Waals surface area contributed by atoms with Crippen LogP contribution >= 0.6 is 11.6 Å². The second-order valence-electron chi connectivity index (χ2n) is 6.13. The first-order chi connectivity index (χ1) is 14.3. The summed E-state index contributed by atoms with van der Waals surface area (Å²) < 4.78 is 5.77. The Morgan fingerprint density at radius 3 is 2.23 bits per heavy atom. The second kappa shape index (κ2) is 8.58. The minimum absolute atomic E-state index is 0.00704. The van der Waals surface area contributed by atoms with Crippen LogP contribution in [0.5, 0.6) is 11.5 Å². The Balaban J connectivity index is 1.97. The summed E-state index contributed by atoms with van der Waals surface area (Å²) in [5, 5.41) is 25.3. The number of rotatable bonds is 6. The zero-order valence-electron chi connectivity index (χ0n) is 15.5. The fourth-order valence-electron chi connectivity index (χ4n) is 2.71. The summed E-state index contributed by atoms with van der Waals surface area (Å²) in [4.78, 5) is 33.6. The molecule has 0 saturated heterocycles. The Hall–Kier alpha value is -3.98. The van der Waals surface area contributed by atoms with Crippen molar-refractivity contribution in [2.24, 2.45) is 0 Å².